The maximum absolute atomic E-state index is 13.5. The normalized spacial score (nSPS) is 12.6. The van der Waals surface area contributed by atoms with Crippen molar-refractivity contribution in [3.63, 3.8) is 0 Å². The first-order chi connectivity index (χ1) is 16.4. The van der Waals surface area contributed by atoms with E-state index in [4.69, 9.17) is 11.2 Å². The summed E-state index contributed by atoms with van der Waals surface area (Å²) in [6.07, 6.45) is 4.90. The van der Waals surface area contributed by atoms with Gasteiger partial charge in [0.15, 0.2) is 0 Å². The van der Waals surface area contributed by atoms with E-state index in [2.05, 4.69) is 29.3 Å². The van der Waals surface area contributed by atoms with Crippen LogP contribution in [0.3, 0.4) is 0 Å². The minimum Gasteiger partial charge on any atom is -0.508 e. The first kappa shape index (κ1) is 27.6. The standard InChI is InChI=1S/C26H31N3O5S/c1-7-29(24(32)20(15-35)27-25(33)34-26(4,5)6)22(18-11-13-19(30)14-12-18)23(31)28-21-16(2)9-8-10-17(21)3/h1,8-14,20,22,30,35H,15H2,2-6H3,(H,27,33)(H,28,31). The summed E-state index contributed by atoms with van der Waals surface area (Å²) in [5.41, 5.74) is 1.86. The Kier molecular flexibility index (Phi) is 9.20. The topological polar surface area (TPSA) is 108 Å². The van der Waals surface area contributed by atoms with E-state index in [1.807, 2.05) is 32.0 Å². The molecule has 35 heavy (non-hydrogen) atoms. The average molecular weight is 498 g/mol. The third-order valence-electron chi connectivity index (χ3n) is 4.99. The van der Waals surface area contributed by atoms with Crippen molar-refractivity contribution in [3.05, 3.63) is 59.2 Å². The molecular formula is C26H31N3O5S. The molecule has 0 fully saturated rings. The number of hydrogen-bond donors (Lipinski definition) is 4. The van der Waals surface area contributed by atoms with Crippen LogP contribution in [0.5, 0.6) is 5.75 Å². The fourth-order valence-corrected chi connectivity index (χ4v) is 3.59. The highest BCUT2D eigenvalue weighted by atomic mass is 32.1. The van der Waals surface area contributed by atoms with Gasteiger partial charge in [0.05, 0.1) is 0 Å². The number of aromatic hydroxyl groups is 1. The number of alkyl carbamates (subject to hydrolysis) is 1. The van der Waals surface area contributed by atoms with Gasteiger partial charge in [-0.2, -0.15) is 12.6 Å². The van der Waals surface area contributed by atoms with Crippen LogP contribution >= 0.6 is 12.6 Å². The lowest BCUT2D eigenvalue weighted by molar-refractivity contribution is -0.136. The second-order valence-electron chi connectivity index (χ2n) is 8.97. The predicted molar refractivity (Wildman–Crippen MR) is 138 cm³/mol. The molecule has 8 nitrogen and oxygen atoms in total. The number of phenols is 1. The molecule has 0 aliphatic carbocycles. The number of hydrogen-bond acceptors (Lipinski definition) is 6. The fraction of sp³-hybridized carbons (Fsp3) is 0.346. The lowest BCUT2D eigenvalue weighted by Gasteiger charge is -2.30. The minimum absolute atomic E-state index is 0.0129. The number of aryl methyl sites for hydroxylation is 2. The molecule has 0 spiro atoms. The van der Waals surface area contributed by atoms with Gasteiger partial charge in [0.2, 0.25) is 0 Å². The molecule has 0 aliphatic rings. The van der Waals surface area contributed by atoms with Crippen LogP contribution < -0.4 is 10.6 Å². The van der Waals surface area contributed by atoms with Crippen molar-refractivity contribution in [2.45, 2.75) is 52.3 Å². The van der Waals surface area contributed by atoms with E-state index < -0.39 is 35.6 Å². The number of nitrogens with zero attached hydrogens (tertiary/aromatic N) is 1. The summed E-state index contributed by atoms with van der Waals surface area (Å²) in [6.45, 7) is 8.78. The molecular weight excluding hydrogens is 466 g/mol. The Morgan fingerprint density at radius 1 is 1.11 bits per heavy atom. The van der Waals surface area contributed by atoms with E-state index in [1.54, 1.807) is 20.8 Å². The molecule has 0 saturated heterocycles. The molecule has 2 aromatic rings. The Morgan fingerprint density at radius 3 is 2.17 bits per heavy atom. The van der Waals surface area contributed by atoms with Crippen molar-refractivity contribution in [2.24, 2.45) is 0 Å². The average Bonchev–Trinajstić information content (AvgIpc) is 2.77. The highest BCUT2D eigenvalue weighted by Crippen LogP contribution is 2.27. The molecule has 2 aromatic carbocycles. The summed E-state index contributed by atoms with van der Waals surface area (Å²) in [7, 11) is 0. The van der Waals surface area contributed by atoms with Crippen LogP contribution in [-0.4, -0.2) is 45.3 Å². The maximum Gasteiger partial charge on any atom is 0.408 e. The van der Waals surface area contributed by atoms with E-state index in [0.29, 0.717) is 11.3 Å². The highest BCUT2D eigenvalue weighted by molar-refractivity contribution is 7.80. The predicted octanol–water partition coefficient (Wildman–Crippen LogP) is 3.93. The number of phenolic OH excluding ortho intramolecular Hbond substituents is 1. The number of ether oxygens (including phenoxy) is 1. The Hall–Kier alpha value is -3.64. The van der Waals surface area contributed by atoms with E-state index >= 15 is 0 Å². The van der Waals surface area contributed by atoms with E-state index in [0.717, 1.165) is 16.0 Å². The van der Waals surface area contributed by atoms with Crippen LogP contribution in [0.15, 0.2) is 42.5 Å². The minimum atomic E-state index is -1.25. The second-order valence-corrected chi connectivity index (χ2v) is 9.33. The summed E-state index contributed by atoms with van der Waals surface area (Å²) in [5, 5.41) is 15.0. The molecule has 0 aromatic heterocycles. The summed E-state index contributed by atoms with van der Waals surface area (Å²) in [5.74, 6) is -1.38. The number of para-hydroxylation sites is 1. The molecule has 3 amide bonds. The Morgan fingerprint density at radius 2 is 1.69 bits per heavy atom. The quantitative estimate of drug-likeness (QED) is 0.263. The molecule has 2 rings (SSSR count). The van der Waals surface area contributed by atoms with Gasteiger partial charge in [-0.1, -0.05) is 36.8 Å². The maximum atomic E-state index is 13.5. The van der Waals surface area contributed by atoms with Crippen LogP contribution in [0.2, 0.25) is 0 Å². The van der Waals surface area contributed by atoms with Gasteiger partial charge < -0.3 is 20.5 Å². The van der Waals surface area contributed by atoms with Crippen molar-refractivity contribution in [1.29, 1.82) is 0 Å². The zero-order chi connectivity index (χ0) is 26.3. The zero-order valence-electron chi connectivity index (χ0n) is 20.5. The number of terminal acetylenes is 1. The molecule has 3 N–H and O–H groups in total. The third kappa shape index (κ3) is 7.42. The number of benzene rings is 2. The van der Waals surface area contributed by atoms with Crippen molar-refractivity contribution in [2.75, 3.05) is 11.1 Å². The van der Waals surface area contributed by atoms with Crippen LogP contribution in [0.25, 0.3) is 0 Å². The number of anilines is 1. The van der Waals surface area contributed by atoms with E-state index in [9.17, 15) is 19.5 Å². The van der Waals surface area contributed by atoms with Crippen molar-refractivity contribution < 1.29 is 24.2 Å². The van der Waals surface area contributed by atoms with Gasteiger partial charge in [0, 0.05) is 17.5 Å². The molecule has 2 unspecified atom stereocenters. The third-order valence-corrected chi connectivity index (χ3v) is 5.36. The summed E-state index contributed by atoms with van der Waals surface area (Å²) >= 11 is 4.18. The number of thiol groups is 1. The zero-order valence-corrected chi connectivity index (χ0v) is 21.3. The Balaban J connectivity index is 2.43. The first-order valence-electron chi connectivity index (χ1n) is 10.9. The van der Waals surface area contributed by atoms with Gasteiger partial charge >= 0.3 is 6.09 Å². The van der Waals surface area contributed by atoms with E-state index in [-0.39, 0.29) is 11.5 Å². The molecule has 9 heteroatoms. The lowest BCUT2D eigenvalue weighted by atomic mass is 10.0. The van der Waals surface area contributed by atoms with Crippen molar-refractivity contribution in [3.8, 4) is 18.2 Å². The van der Waals surface area contributed by atoms with Gasteiger partial charge in [-0.15, -0.1) is 0 Å². The first-order valence-corrected chi connectivity index (χ1v) is 11.6. The number of rotatable bonds is 7. The highest BCUT2D eigenvalue weighted by Gasteiger charge is 2.35. The van der Waals surface area contributed by atoms with Crippen LogP contribution in [-0.2, 0) is 14.3 Å². The van der Waals surface area contributed by atoms with Crippen molar-refractivity contribution >= 4 is 36.2 Å². The molecule has 0 radical (unpaired) electrons. The van der Waals surface area contributed by atoms with Gasteiger partial charge in [-0.05, 0) is 63.4 Å². The smallest absolute Gasteiger partial charge is 0.408 e. The van der Waals surface area contributed by atoms with Gasteiger partial charge in [-0.25, -0.2) is 4.79 Å². The molecule has 0 heterocycles. The molecule has 0 aliphatic heterocycles. The van der Waals surface area contributed by atoms with Gasteiger partial charge in [0.25, 0.3) is 11.8 Å². The fourth-order valence-electron chi connectivity index (χ4n) is 3.35. The summed E-state index contributed by atoms with van der Waals surface area (Å²) in [4.78, 5) is 40.1. The van der Waals surface area contributed by atoms with Crippen LogP contribution in [0, 0.1) is 26.3 Å². The molecule has 0 bridgehead atoms. The number of amides is 3. The Labute approximate surface area is 211 Å². The van der Waals surface area contributed by atoms with Gasteiger partial charge in [0.1, 0.15) is 23.4 Å². The Bertz CT molecular complexity index is 1100. The molecule has 186 valence electrons. The number of nitrogens with one attached hydrogen (secondary N) is 2. The molecule has 0 saturated carbocycles. The largest absolute Gasteiger partial charge is 0.508 e. The number of carbonyl (C=O) groups excluding carboxylic acids is 3. The monoisotopic (exact) mass is 497 g/mol. The second kappa shape index (κ2) is 11.7. The molecule has 2 atom stereocenters. The summed E-state index contributed by atoms with van der Waals surface area (Å²) in [6, 6.07) is 11.2. The van der Waals surface area contributed by atoms with Crippen LogP contribution in [0.1, 0.15) is 43.5 Å². The van der Waals surface area contributed by atoms with Crippen molar-refractivity contribution in [1.82, 2.24) is 10.2 Å². The van der Waals surface area contributed by atoms with E-state index in [1.165, 1.54) is 24.3 Å². The van der Waals surface area contributed by atoms with Gasteiger partial charge in [-0.3, -0.25) is 14.5 Å². The van der Waals surface area contributed by atoms with Crippen LogP contribution in [0.4, 0.5) is 10.5 Å². The number of carbonyl (C=O) groups is 3. The lowest BCUT2D eigenvalue weighted by Crippen LogP contribution is -2.51. The SMILES string of the molecule is C#CN(C(=O)C(CS)NC(=O)OC(C)(C)C)C(C(=O)Nc1c(C)cccc1C)c1ccc(O)cc1. The summed E-state index contributed by atoms with van der Waals surface area (Å²) < 4.78 is 5.23.